The van der Waals surface area contributed by atoms with E-state index in [-0.39, 0.29) is 18.0 Å². The van der Waals surface area contributed by atoms with Gasteiger partial charge in [-0.25, -0.2) is 0 Å². The molecular weight excluding hydrogens is 689 g/mol. The molecule has 6 atom stereocenters. The fraction of sp³-hybridized carbons (Fsp3) is 0.653. The normalized spacial score (nSPS) is 15.6. The Morgan fingerprint density at radius 2 is 1.59 bits per heavy atom. The third-order valence-corrected chi connectivity index (χ3v) is 10.5. The second-order valence-electron chi connectivity index (χ2n) is 15.6. The van der Waals surface area contributed by atoms with E-state index in [1.165, 1.54) is 31.3 Å². The summed E-state index contributed by atoms with van der Waals surface area (Å²) in [7, 11) is 4.21. The maximum atomic E-state index is 13.0. The lowest BCUT2D eigenvalue weighted by atomic mass is 9.82. The number of aliphatic imine (C=N–C) groups is 2. The van der Waals surface area contributed by atoms with Crippen LogP contribution in [-0.2, 0) is 0 Å². The number of amides is 1. The molecule has 0 saturated heterocycles. The summed E-state index contributed by atoms with van der Waals surface area (Å²) in [5.41, 5.74) is 1.97. The summed E-state index contributed by atoms with van der Waals surface area (Å²) in [6.45, 7) is 28.2. The topological polar surface area (TPSA) is 81.1 Å². The van der Waals surface area contributed by atoms with Crippen LogP contribution in [0.2, 0.25) is 0 Å². The molecule has 1 amide bonds. The number of unbranched alkanes of at least 4 members (excludes halogenated alkanes) is 1. The molecule has 7 heteroatoms. The third kappa shape index (κ3) is 25.8. The number of amidine groups is 1. The molecule has 0 spiro atoms. The number of rotatable bonds is 30. The molecule has 1 aromatic carbocycles. The highest BCUT2D eigenvalue weighted by atomic mass is 16.1. The SMILES string of the molecule is C=NC(C)/C(=C\C=C/CC)CC(=NCC(CC(C)CCC(C)CNCC(CCCCNCC/C=C\C=C/C)NC(=O)c1ccccc1)C(C)CC)N(C)C.CC. The smallest absolute Gasteiger partial charge is 0.251 e. The highest BCUT2D eigenvalue weighted by molar-refractivity contribution is 5.94. The fourth-order valence-electron chi connectivity index (χ4n) is 6.50. The van der Waals surface area contributed by atoms with Gasteiger partial charge >= 0.3 is 0 Å². The summed E-state index contributed by atoms with van der Waals surface area (Å²) < 4.78 is 0. The molecule has 0 bridgehead atoms. The highest BCUT2D eigenvalue weighted by Gasteiger charge is 2.21. The molecule has 6 unspecified atom stereocenters. The van der Waals surface area contributed by atoms with Crippen LogP contribution >= 0.6 is 0 Å². The van der Waals surface area contributed by atoms with Gasteiger partial charge in [-0.15, -0.1) is 0 Å². The largest absolute Gasteiger partial charge is 0.366 e. The number of allylic oxidation sites excluding steroid dienone is 6. The van der Waals surface area contributed by atoms with Crippen molar-refractivity contribution in [3.05, 3.63) is 84.0 Å². The number of hydrogen-bond acceptors (Lipinski definition) is 5. The van der Waals surface area contributed by atoms with Gasteiger partial charge in [-0.1, -0.05) is 128 Å². The van der Waals surface area contributed by atoms with Gasteiger partial charge in [-0.2, -0.15) is 0 Å². The van der Waals surface area contributed by atoms with Gasteiger partial charge in [-0.3, -0.25) is 14.8 Å². The summed E-state index contributed by atoms with van der Waals surface area (Å²) in [6, 6.07) is 9.75. The molecule has 3 N–H and O–H groups in total. The lowest BCUT2D eigenvalue weighted by Gasteiger charge is -2.27. The van der Waals surface area contributed by atoms with E-state index in [0.29, 0.717) is 23.7 Å². The van der Waals surface area contributed by atoms with E-state index < -0.39 is 0 Å². The van der Waals surface area contributed by atoms with Gasteiger partial charge in [-0.05, 0) is 120 Å². The second kappa shape index (κ2) is 34.9. The first kappa shape index (κ1) is 52.7. The average molecular weight is 775 g/mol. The Morgan fingerprint density at radius 3 is 2.23 bits per heavy atom. The van der Waals surface area contributed by atoms with Crippen molar-refractivity contribution in [2.75, 3.05) is 46.8 Å². The van der Waals surface area contributed by atoms with Crippen molar-refractivity contribution >= 4 is 18.5 Å². The molecule has 0 saturated carbocycles. The first-order valence-electron chi connectivity index (χ1n) is 22.1. The Kier molecular flexibility index (Phi) is 32.9. The Labute approximate surface area is 346 Å². The molecule has 0 radical (unpaired) electrons. The lowest BCUT2D eigenvalue weighted by molar-refractivity contribution is 0.0933. The van der Waals surface area contributed by atoms with Crippen LogP contribution in [0, 0.1) is 23.7 Å². The monoisotopic (exact) mass is 775 g/mol. The van der Waals surface area contributed by atoms with Crippen LogP contribution in [-0.4, -0.2) is 82.3 Å². The van der Waals surface area contributed by atoms with Crippen LogP contribution in [0.5, 0.6) is 0 Å². The summed E-state index contributed by atoms with van der Waals surface area (Å²) in [6.07, 6.45) is 25.7. The van der Waals surface area contributed by atoms with Gasteiger partial charge in [0.2, 0.25) is 0 Å². The van der Waals surface area contributed by atoms with Crippen LogP contribution < -0.4 is 16.0 Å². The maximum absolute atomic E-state index is 13.0. The molecule has 1 aromatic rings. The lowest BCUT2D eigenvalue weighted by Crippen LogP contribution is -2.43. The Balaban J connectivity index is 0.0000149. The molecule has 0 fully saturated rings. The number of benzene rings is 1. The minimum Gasteiger partial charge on any atom is -0.366 e. The summed E-state index contributed by atoms with van der Waals surface area (Å²) in [5.74, 6) is 3.51. The van der Waals surface area contributed by atoms with Crippen molar-refractivity contribution in [3.8, 4) is 0 Å². The van der Waals surface area contributed by atoms with Gasteiger partial charge in [0.05, 0.1) is 6.04 Å². The van der Waals surface area contributed by atoms with E-state index in [2.05, 4.69) is 125 Å². The third-order valence-electron chi connectivity index (χ3n) is 10.5. The number of carbonyl (C=O) groups is 1. The van der Waals surface area contributed by atoms with Crippen molar-refractivity contribution in [1.82, 2.24) is 20.9 Å². The number of nitrogens with zero attached hydrogens (tertiary/aromatic N) is 3. The summed E-state index contributed by atoms with van der Waals surface area (Å²) in [4.78, 5) is 24.8. The number of carbonyl (C=O) groups excluding carboxylic acids is 1. The van der Waals surface area contributed by atoms with E-state index in [9.17, 15) is 4.79 Å². The molecule has 7 nitrogen and oxygen atoms in total. The van der Waals surface area contributed by atoms with E-state index in [4.69, 9.17) is 4.99 Å². The predicted molar refractivity (Wildman–Crippen MR) is 249 cm³/mol. The standard InChI is InChI=1S/C47H80N6O.C2H6/c1-11-14-16-17-23-31-49-32-24-22-28-45(52-47(54)42-25-20-18-21-26-42)37-50-35-39(5)30-29-38(4)33-44(40(6)13-3)36-51-46(53(9)10)34-43(41(7)48-8)27-19-15-12-2;1-2/h11,14-21,25-27,38-41,44-45,49-50H,8,12-13,22-24,28-37H2,1-7,9-10H3,(H,52,54);1-2H3/b14-11-,17-16-,19-15-,43-27-,51-46?;. The van der Waals surface area contributed by atoms with Crippen molar-refractivity contribution in [1.29, 1.82) is 0 Å². The molecule has 0 aliphatic carbocycles. The molecule has 0 aliphatic rings. The number of nitrogens with one attached hydrogen (secondary N) is 3. The summed E-state index contributed by atoms with van der Waals surface area (Å²) in [5, 5.41) is 10.6. The zero-order chi connectivity index (χ0) is 42.0. The molecule has 0 heterocycles. The zero-order valence-corrected chi connectivity index (χ0v) is 38.0. The van der Waals surface area contributed by atoms with E-state index in [1.807, 2.05) is 57.2 Å². The van der Waals surface area contributed by atoms with Gasteiger partial charge < -0.3 is 20.9 Å². The summed E-state index contributed by atoms with van der Waals surface area (Å²) >= 11 is 0. The first-order valence-corrected chi connectivity index (χ1v) is 22.1. The van der Waals surface area contributed by atoms with Crippen molar-refractivity contribution < 1.29 is 4.79 Å². The molecular formula is C49H86N6O. The molecule has 56 heavy (non-hydrogen) atoms. The number of hydrogen-bond donors (Lipinski definition) is 3. The highest BCUT2D eigenvalue weighted by Crippen LogP contribution is 2.27. The minimum absolute atomic E-state index is 0.0116. The van der Waals surface area contributed by atoms with E-state index >= 15 is 0 Å². The fourth-order valence-corrected chi connectivity index (χ4v) is 6.50. The average Bonchev–Trinajstić information content (AvgIpc) is 3.21. The molecule has 1 rings (SSSR count). The van der Waals surface area contributed by atoms with Crippen molar-refractivity contribution in [2.24, 2.45) is 33.7 Å². The molecule has 318 valence electrons. The van der Waals surface area contributed by atoms with Crippen LogP contribution in [0.1, 0.15) is 137 Å². The maximum Gasteiger partial charge on any atom is 0.251 e. The second-order valence-corrected chi connectivity index (χ2v) is 15.6. The van der Waals surface area contributed by atoms with Crippen LogP contribution in [0.3, 0.4) is 0 Å². The van der Waals surface area contributed by atoms with Crippen LogP contribution in [0.15, 0.2) is 88.4 Å². The molecule has 0 aliphatic heterocycles. The Morgan fingerprint density at radius 1 is 0.875 bits per heavy atom. The Hall–Kier alpha value is -3.29. The van der Waals surface area contributed by atoms with Crippen LogP contribution in [0.25, 0.3) is 0 Å². The predicted octanol–water partition coefficient (Wildman–Crippen LogP) is 11.1. The van der Waals surface area contributed by atoms with Gasteiger partial charge in [0, 0.05) is 45.2 Å². The van der Waals surface area contributed by atoms with Crippen LogP contribution in [0.4, 0.5) is 0 Å². The van der Waals surface area contributed by atoms with Crippen molar-refractivity contribution in [2.45, 2.75) is 139 Å². The van der Waals surface area contributed by atoms with Gasteiger partial charge in [0.1, 0.15) is 5.84 Å². The van der Waals surface area contributed by atoms with Crippen molar-refractivity contribution in [3.63, 3.8) is 0 Å². The zero-order valence-electron chi connectivity index (χ0n) is 38.0. The first-order chi connectivity index (χ1) is 27.1. The minimum atomic E-state index is 0.0116. The Bertz CT molecular complexity index is 1270. The molecule has 0 aromatic heterocycles. The van der Waals surface area contributed by atoms with Gasteiger partial charge in [0.15, 0.2) is 0 Å². The van der Waals surface area contributed by atoms with Gasteiger partial charge in [0.25, 0.3) is 5.91 Å². The quantitative estimate of drug-likeness (QED) is 0.0315. The van der Waals surface area contributed by atoms with E-state index in [1.54, 1.807) is 0 Å². The van der Waals surface area contributed by atoms with E-state index in [0.717, 1.165) is 82.6 Å².